The molecule has 0 amide bonds. The van der Waals surface area contributed by atoms with Crippen LogP contribution in [0, 0.1) is 0 Å². The molecule has 4 radical (unpaired) electrons. The second-order valence-electron chi connectivity index (χ2n) is 3.70. The molecule has 0 bridgehead atoms. The van der Waals surface area contributed by atoms with Crippen LogP contribution in [0.4, 0.5) is 0 Å². The number of carboxylic acid groups (broad SMARTS) is 4. The van der Waals surface area contributed by atoms with E-state index in [2.05, 4.69) is 0 Å². The van der Waals surface area contributed by atoms with E-state index in [9.17, 15) is 39.6 Å². The van der Waals surface area contributed by atoms with E-state index >= 15 is 0 Å². The standard InChI is InChI=1S/2C4H8O2.2C3H6O2.2Pb/c2*1-2-3-4(5)6;2*1-2-3(4)5;;/h2*2-3H2,1H3,(H,5,6);2*2H2,1H3,(H,4,5);;/q;;;;2*+2/p-4. The Kier molecular flexibility index (Phi) is 55.5. The third-order valence-corrected chi connectivity index (χ3v) is 1.49. The molecular weight excluding hydrogens is 711 g/mol. The maximum Gasteiger partial charge on any atom is 2.00 e. The van der Waals surface area contributed by atoms with Gasteiger partial charge in [0.1, 0.15) is 0 Å². The van der Waals surface area contributed by atoms with E-state index < -0.39 is 23.9 Å². The van der Waals surface area contributed by atoms with E-state index in [1.54, 1.807) is 13.8 Å². The van der Waals surface area contributed by atoms with Crippen molar-refractivity contribution in [1.82, 2.24) is 0 Å². The molecule has 0 aliphatic heterocycles. The summed E-state index contributed by atoms with van der Waals surface area (Å²) < 4.78 is 0. The van der Waals surface area contributed by atoms with Crippen molar-refractivity contribution in [1.29, 1.82) is 0 Å². The molecule has 0 aliphatic carbocycles. The van der Waals surface area contributed by atoms with Gasteiger partial charge in [-0.3, -0.25) is 0 Å². The topological polar surface area (TPSA) is 161 Å². The van der Waals surface area contributed by atoms with E-state index in [0.717, 1.165) is 0 Å². The van der Waals surface area contributed by atoms with Gasteiger partial charge in [-0.15, -0.1) is 0 Å². The molecule has 0 unspecified atom stereocenters. The van der Waals surface area contributed by atoms with Gasteiger partial charge in [0.2, 0.25) is 0 Å². The van der Waals surface area contributed by atoms with Gasteiger partial charge in [0, 0.05) is 23.9 Å². The maximum absolute atomic E-state index is 9.49. The Morgan fingerprint density at radius 2 is 0.708 bits per heavy atom. The molecule has 10 heteroatoms. The third kappa shape index (κ3) is 98.7. The number of hydrogen-bond acceptors (Lipinski definition) is 8. The predicted molar refractivity (Wildman–Crippen MR) is 81.9 cm³/mol. The van der Waals surface area contributed by atoms with Crippen LogP contribution < -0.4 is 20.4 Å². The number of carboxylic acids is 4. The molecule has 0 saturated carbocycles. The first-order valence-corrected chi connectivity index (χ1v) is 6.88. The summed E-state index contributed by atoms with van der Waals surface area (Å²) in [5.74, 6) is -3.91. The van der Waals surface area contributed by atoms with Crippen molar-refractivity contribution in [2.45, 2.75) is 66.2 Å². The Hall–Kier alpha value is -0.276. The fraction of sp³-hybridized carbons (Fsp3) is 0.714. The summed E-state index contributed by atoms with van der Waals surface area (Å²) in [6.45, 7) is 6.68. The molecule has 136 valence electrons. The van der Waals surface area contributed by atoms with Crippen LogP contribution in [0.25, 0.3) is 0 Å². The first-order valence-electron chi connectivity index (χ1n) is 6.88. The normalized spacial score (nSPS) is 7.17. The molecule has 0 fully saturated rings. The van der Waals surface area contributed by atoms with Gasteiger partial charge < -0.3 is 39.6 Å². The summed E-state index contributed by atoms with van der Waals surface area (Å²) in [6, 6.07) is 0. The van der Waals surface area contributed by atoms with Crippen molar-refractivity contribution in [2.75, 3.05) is 0 Å². The molecule has 0 aromatic carbocycles. The molecule has 0 N–H and O–H groups in total. The quantitative estimate of drug-likeness (QED) is 0.256. The summed E-state index contributed by atoms with van der Waals surface area (Å²) in [7, 11) is 0. The van der Waals surface area contributed by atoms with Gasteiger partial charge in [-0.2, -0.15) is 0 Å². The molecule has 0 aliphatic rings. The zero-order valence-electron chi connectivity index (χ0n) is 14.5. The van der Waals surface area contributed by atoms with Gasteiger partial charge in [0.25, 0.3) is 0 Å². The number of aliphatic carboxylic acids is 4. The van der Waals surface area contributed by atoms with Crippen molar-refractivity contribution in [3.8, 4) is 0 Å². The first kappa shape index (κ1) is 39.0. The maximum atomic E-state index is 9.49. The van der Waals surface area contributed by atoms with Gasteiger partial charge in [-0.05, 0) is 25.7 Å². The molecule has 0 saturated heterocycles. The molecule has 8 nitrogen and oxygen atoms in total. The van der Waals surface area contributed by atoms with E-state index in [0.29, 0.717) is 12.8 Å². The van der Waals surface area contributed by atoms with Crippen LogP contribution >= 0.6 is 0 Å². The largest absolute Gasteiger partial charge is 2.00 e. The van der Waals surface area contributed by atoms with E-state index in [1.807, 2.05) is 0 Å². The van der Waals surface area contributed by atoms with Crippen molar-refractivity contribution in [2.24, 2.45) is 0 Å². The van der Waals surface area contributed by atoms with Crippen LogP contribution in [0.1, 0.15) is 66.2 Å². The molecular formula is C14H24O8Pb2. The van der Waals surface area contributed by atoms with Gasteiger partial charge in [0.05, 0.1) is 0 Å². The van der Waals surface area contributed by atoms with Crippen LogP contribution in [0.5, 0.6) is 0 Å². The molecule has 0 aromatic rings. The number of carbonyl (C=O) groups is 4. The monoisotopic (exact) mass is 736 g/mol. The minimum absolute atomic E-state index is 0. The number of hydrogen-bond donors (Lipinski definition) is 0. The van der Waals surface area contributed by atoms with Crippen LogP contribution in [0.2, 0.25) is 0 Å². The molecule has 0 rings (SSSR count). The van der Waals surface area contributed by atoms with E-state index in [1.165, 1.54) is 13.8 Å². The van der Waals surface area contributed by atoms with Crippen LogP contribution in [-0.2, 0) is 19.2 Å². The SMILES string of the molecule is CCC(=O)[O-].CCC(=O)[O-].CCCC(=O)[O-].CCCC(=O)[O-].[Pb+2].[Pb+2]. The zero-order chi connectivity index (χ0) is 18.6. The Labute approximate surface area is 183 Å². The average Bonchev–Trinajstić information content (AvgIpc) is 2.40. The summed E-state index contributed by atoms with van der Waals surface area (Å²) in [6.07, 6.45) is 1.92. The Morgan fingerprint density at radius 1 is 0.542 bits per heavy atom. The zero-order valence-corrected chi connectivity index (χ0v) is 22.3. The smallest absolute Gasteiger partial charge is 0.550 e. The molecule has 24 heavy (non-hydrogen) atoms. The van der Waals surface area contributed by atoms with Gasteiger partial charge in [0.15, 0.2) is 0 Å². The molecule has 0 heterocycles. The minimum atomic E-state index is -0.995. The van der Waals surface area contributed by atoms with Crippen molar-refractivity contribution in [3.05, 3.63) is 0 Å². The Balaban J connectivity index is -0.0000000439. The second-order valence-corrected chi connectivity index (χ2v) is 3.70. The van der Waals surface area contributed by atoms with Crippen LogP contribution in [-0.4, -0.2) is 78.5 Å². The number of carbonyl (C=O) groups excluding carboxylic acids is 4. The Bertz CT molecular complexity index is 279. The van der Waals surface area contributed by atoms with E-state index in [-0.39, 0.29) is 80.3 Å². The minimum Gasteiger partial charge on any atom is -0.550 e. The summed E-state index contributed by atoms with van der Waals surface area (Å²) >= 11 is 0. The summed E-state index contributed by atoms with van der Waals surface area (Å²) in [4.78, 5) is 37.5. The van der Waals surface area contributed by atoms with Gasteiger partial charge in [-0.25, -0.2) is 0 Å². The van der Waals surface area contributed by atoms with Crippen molar-refractivity contribution >= 4 is 78.5 Å². The van der Waals surface area contributed by atoms with Crippen molar-refractivity contribution in [3.63, 3.8) is 0 Å². The fourth-order valence-corrected chi connectivity index (χ4v) is 0.408. The van der Waals surface area contributed by atoms with Crippen molar-refractivity contribution < 1.29 is 39.6 Å². The summed E-state index contributed by atoms with van der Waals surface area (Å²) in [5.41, 5.74) is 0. The van der Waals surface area contributed by atoms with Gasteiger partial charge >= 0.3 is 54.6 Å². The molecule has 0 spiro atoms. The number of rotatable bonds is 6. The third-order valence-electron chi connectivity index (χ3n) is 1.49. The fourth-order valence-electron chi connectivity index (χ4n) is 0.408. The predicted octanol–water partition coefficient (Wildman–Crippen LogP) is -3.40. The Morgan fingerprint density at radius 3 is 0.708 bits per heavy atom. The van der Waals surface area contributed by atoms with Crippen LogP contribution in [0.3, 0.4) is 0 Å². The average molecular weight is 735 g/mol. The van der Waals surface area contributed by atoms with E-state index in [4.69, 9.17) is 0 Å². The second kappa shape index (κ2) is 34.1. The summed E-state index contributed by atoms with van der Waals surface area (Å²) in [5, 5.41) is 37.5. The first-order chi connectivity index (χ1) is 10.1. The molecule has 0 aromatic heterocycles. The molecule has 0 atom stereocenters. The van der Waals surface area contributed by atoms with Crippen LogP contribution in [0.15, 0.2) is 0 Å². The van der Waals surface area contributed by atoms with Gasteiger partial charge in [-0.1, -0.05) is 40.5 Å².